The SMILES string of the molecule is CCCC/C=C\C=C/CCCCCCCCCBr. The quantitative estimate of drug-likeness (QED) is 0.199. The molecule has 0 saturated carbocycles. The molecule has 1 heteroatoms. The predicted octanol–water partition coefficient (Wildman–Crippen LogP) is 6.80. The van der Waals surface area contributed by atoms with E-state index in [1.807, 2.05) is 0 Å². The Balaban J connectivity index is 3.10. The molecule has 0 bridgehead atoms. The molecular formula is C17H31Br. The van der Waals surface area contributed by atoms with Crippen LogP contribution in [0.3, 0.4) is 0 Å². The van der Waals surface area contributed by atoms with Crippen molar-refractivity contribution in [3.8, 4) is 0 Å². The van der Waals surface area contributed by atoms with E-state index >= 15 is 0 Å². The van der Waals surface area contributed by atoms with Crippen LogP contribution in [0.5, 0.6) is 0 Å². The number of halogens is 1. The molecule has 0 aromatic heterocycles. The zero-order chi connectivity index (χ0) is 13.3. The van der Waals surface area contributed by atoms with Crippen molar-refractivity contribution in [1.82, 2.24) is 0 Å². The van der Waals surface area contributed by atoms with Crippen LogP contribution in [0.1, 0.15) is 77.6 Å². The lowest BCUT2D eigenvalue weighted by molar-refractivity contribution is 0.594. The number of allylic oxidation sites excluding steroid dienone is 4. The Morgan fingerprint density at radius 2 is 1.17 bits per heavy atom. The normalized spacial score (nSPS) is 11.9. The number of hydrogen-bond donors (Lipinski definition) is 0. The molecule has 0 aliphatic carbocycles. The zero-order valence-corrected chi connectivity index (χ0v) is 13.8. The van der Waals surface area contributed by atoms with Crippen LogP contribution in [0.25, 0.3) is 0 Å². The Morgan fingerprint density at radius 1 is 0.667 bits per heavy atom. The van der Waals surface area contributed by atoms with E-state index in [1.165, 1.54) is 76.0 Å². The molecule has 0 aromatic rings. The lowest BCUT2D eigenvalue weighted by atomic mass is 10.1. The lowest BCUT2D eigenvalue weighted by Crippen LogP contribution is -1.80. The smallest absolute Gasteiger partial charge is 0.00313 e. The van der Waals surface area contributed by atoms with Gasteiger partial charge in [-0.2, -0.15) is 0 Å². The predicted molar refractivity (Wildman–Crippen MR) is 88.5 cm³/mol. The highest BCUT2D eigenvalue weighted by molar-refractivity contribution is 9.09. The van der Waals surface area contributed by atoms with Crippen molar-refractivity contribution < 1.29 is 0 Å². The summed E-state index contributed by atoms with van der Waals surface area (Å²) in [4.78, 5) is 0. The first-order valence-electron chi connectivity index (χ1n) is 7.79. The minimum Gasteiger partial charge on any atom is -0.0928 e. The molecule has 106 valence electrons. The van der Waals surface area contributed by atoms with Crippen LogP contribution in [-0.4, -0.2) is 5.33 Å². The molecular weight excluding hydrogens is 284 g/mol. The van der Waals surface area contributed by atoms with Crippen LogP contribution < -0.4 is 0 Å². The fourth-order valence-electron chi connectivity index (χ4n) is 1.91. The third kappa shape index (κ3) is 16.0. The molecule has 0 nitrogen and oxygen atoms in total. The van der Waals surface area contributed by atoms with E-state index in [4.69, 9.17) is 0 Å². The summed E-state index contributed by atoms with van der Waals surface area (Å²) >= 11 is 3.47. The molecule has 0 unspecified atom stereocenters. The van der Waals surface area contributed by atoms with Gasteiger partial charge in [-0.05, 0) is 25.7 Å². The van der Waals surface area contributed by atoms with Gasteiger partial charge in [0.15, 0.2) is 0 Å². The van der Waals surface area contributed by atoms with Gasteiger partial charge in [-0.1, -0.05) is 92.1 Å². The van der Waals surface area contributed by atoms with Crippen LogP contribution in [-0.2, 0) is 0 Å². The molecule has 0 aromatic carbocycles. The van der Waals surface area contributed by atoms with Gasteiger partial charge in [0.2, 0.25) is 0 Å². The van der Waals surface area contributed by atoms with Gasteiger partial charge in [0.25, 0.3) is 0 Å². The van der Waals surface area contributed by atoms with E-state index in [-0.39, 0.29) is 0 Å². The maximum absolute atomic E-state index is 3.47. The largest absolute Gasteiger partial charge is 0.0928 e. The monoisotopic (exact) mass is 314 g/mol. The minimum absolute atomic E-state index is 1.17. The third-order valence-corrected chi connectivity index (χ3v) is 3.67. The van der Waals surface area contributed by atoms with Gasteiger partial charge >= 0.3 is 0 Å². The summed E-state index contributed by atoms with van der Waals surface area (Å²) in [6.07, 6.45) is 23.9. The second kappa shape index (κ2) is 17.0. The second-order valence-corrected chi connectivity index (χ2v) is 5.74. The molecule has 0 fully saturated rings. The molecule has 0 atom stereocenters. The van der Waals surface area contributed by atoms with Crippen molar-refractivity contribution in [3.05, 3.63) is 24.3 Å². The molecule has 0 N–H and O–H groups in total. The van der Waals surface area contributed by atoms with Crippen molar-refractivity contribution in [2.24, 2.45) is 0 Å². The van der Waals surface area contributed by atoms with Gasteiger partial charge in [0.05, 0.1) is 0 Å². The van der Waals surface area contributed by atoms with Crippen LogP contribution >= 0.6 is 15.9 Å². The summed E-state index contributed by atoms with van der Waals surface area (Å²) in [6, 6.07) is 0. The van der Waals surface area contributed by atoms with Gasteiger partial charge < -0.3 is 0 Å². The molecule has 0 rings (SSSR count). The van der Waals surface area contributed by atoms with E-state index in [1.54, 1.807) is 0 Å². The van der Waals surface area contributed by atoms with Crippen molar-refractivity contribution in [2.45, 2.75) is 77.6 Å². The van der Waals surface area contributed by atoms with Gasteiger partial charge in [-0.3, -0.25) is 0 Å². The Morgan fingerprint density at radius 3 is 1.72 bits per heavy atom. The Kier molecular flexibility index (Phi) is 16.9. The average molecular weight is 315 g/mol. The van der Waals surface area contributed by atoms with E-state index in [9.17, 15) is 0 Å². The average Bonchev–Trinajstić information content (AvgIpc) is 2.39. The molecule has 0 saturated heterocycles. The first-order chi connectivity index (χ1) is 8.91. The Bertz CT molecular complexity index is 194. The zero-order valence-electron chi connectivity index (χ0n) is 12.2. The molecule has 0 aliphatic rings. The number of rotatable bonds is 13. The highest BCUT2D eigenvalue weighted by Gasteiger charge is 1.90. The van der Waals surface area contributed by atoms with Crippen molar-refractivity contribution >= 4 is 15.9 Å². The first-order valence-corrected chi connectivity index (χ1v) is 8.91. The van der Waals surface area contributed by atoms with Crippen molar-refractivity contribution in [3.63, 3.8) is 0 Å². The Labute approximate surface area is 123 Å². The number of alkyl halides is 1. The van der Waals surface area contributed by atoms with Gasteiger partial charge in [-0.15, -0.1) is 0 Å². The summed E-state index contributed by atoms with van der Waals surface area (Å²) in [5.41, 5.74) is 0. The molecule has 0 heterocycles. The van der Waals surface area contributed by atoms with E-state index < -0.39 is 0 Å². The maximum atomic E-state index is 3.47. The number of unbranched alkanes of at least 4 members (excludes halogenated alkanes) is 9. The van der Waals surface area contributed by atoms with E-state index in [0.717, 1.165) is 0 Å². The van der Waals surface area contributed by atoms with E-state index in [2.05, 4.69) is 47.2 Å². The third-order valence-electron chi connectivity index (χ3n) is 3.11. The minimum atomic E-state index is 1.17. The summed E-state index contributed by atoms with van der Waals surface area (Å²) in [7, 11) is 0. The highest BCUT2D eigenvalue weighted by Crippen LogP contribution is 2.09. The molecule has 0 radical (unpaired) electrons. The molecule has 0 amide bonds. The second-order valence-electron chi connectivity index (χ2n) is 4.95. The number of hydrogen-bond acceptors (Lipinski definition) is 0. The summed E-state index contributed by atoms with van der Waals surface area (Å²) < 4.78 is 0. The van der Waals surface area contributed by atoms with Crippen LogP contribution in [0.2, 0.25) is 0 Å². The van der Waals surface area contributed by atoms with Gasteiger partial charge in [-0.25, -0.2) is 0 Å². The first kappa shape index (κ1) is 18.0. The fraction of sp³-hybridized carbons (Fsp3) is 0.765. The fourth-order valence-corrected chi connectivity index (χ4v) is 2.31. The summed E-state index contributed by atoms with van der Waals surface area (Å²) in [5, 5.41) is 1.17. The van der Waals surface area contributed by atoms with Crippen molar-refractivity contribution in [2.75, 3.05) is 5.33 Å². The standard InChI is InChI=1S/C17H31Br/c1-2-3-4-5-6-7-8-9-10-11-12-13-14-15-16-17-18/h5-8H,2-4,9-17H2,1H3/b6-5-,8-7-. The van der Waals surface area contributed by atoms with Gasteiger partial charge in [0, 0.05) is 5.33 Å². The van der Waals surface area contributed by atoms with E-state index in [0.29, 0.717) is 0 Å². The lowest BCUT2D eigenvalue weighted by Gasteiger charge is -1.99. The Hall–Kier alpha value is -0.0400. The highest BCUT2D eigenvalue weighted by atomic mass is 79.9. The molecule has 18 heavy (non-hydrogen) atoms. The topological polar surface area (TPSA) is 0 Å². The molecule has 0 spiro atoms. The maximum Gasteiger partial charge on any atom is 0.00313 e. The van der Waals surface area contributed by atoms with Crippen LogP contribution in [0.15, 0.2) is 24.3 Å². The summed E-state index contributed by atoms with van der Waals surface area (Å²) in [6.45, 7) is 2.24. The van der Waals surface area contributed by atoms with Crippen LogP contribution in [0, 0.1) is 0 Å². The van der Waals surface area contributed by atoms with Gasteiger partial charge in [0.1, 0.15) is 0 Å². The van der Waals surface area contributed by atoms with Crippen molar-refractivity contribution in [1.29, 1.82) is 0 Å². The van der Waals surface area contributed by atoms with Crippen LogP contribution in [0.4, 0.5) is 0 Å². The molecule has 0 aliphatic heterocycles. The summed E-state index contributed by atoms with van der Waals surface area (Å²) in [5.74, 6) is 0.